The second kappa shape index (κ2) is 16.8. The molecule has 17 heteroatoms. The van der Waals surface area contributed by atoms with E-state index in [-0.39, 0.29) is 31.6 Å². The first-order valence-corrected chi connectivity index (χ1v) is 20.4. The summed E-state index contributed by atoms with van der Waals surface area (Å²) in [6.45, 7) is 14.4. The highest BCUT2D eigenvalue weighted by Crippen LogP contribution is 2.45. The number of amides is 4. The van der Waals surface area contributed by atoms with E-state index in [0.29, 0.717) is 38.9 Å². The Labute approximate surface area is 341 Å². The molecule has 3 aromatic rings. The Balaban J connectivity index is 1.33. The van der Waals surface area contributed by atoms with Crippen molar-refractivity contribution in [1.82, 2.24) is 25.5 Å². The normalized spacial score (nSPS) is 22.3. The number of carboxylic acid groups (broad SMARTS) is 1. The van der Waals surface area contributed by atoms with Gasteiger partial charge in [-0.25, -0.2) is 24.4 Å². The number of benzene rings is 1. The smallest absolute Gasteiger partial charge is 0.413 e. The van der Waals surface area contributed by atoms with Crippen LogP contribution in [0.4, 0.5) is 14.7 Å². The Morgan fingerprint density at radius 2 is 1.78 bits per heavy atom. The molecule has 0 spiro atoms. The number of nitrogens with zero attached hydrogens (tertiary/aromatic N) is 3. The summed E-state index contributed by atoms with van der Waals surface area (Å²) >= 11 is 1.19. The second-order valence-corrected chi connectivity index (χ2v) is 17.3. The van der Waals surface area contributed by atoms with Crippen LogP contribution in [0.2, 0.25) is 0 Å². The van der Waals surface area contributed by atoms with Gasteiger partial charge in [-0.15, -0.1) is 17.9 Å². The van der Waals surface area contributed by atoms with Crippen molar-refractivity contribution < 1.29 is 48.0 Å². The number of thiazole rings is 1. The van der Waals surface area contributed by atoms with Crippen LogP contribution in [0, 0.1) is 18.3 Å². The Morgan fingerprint density at radius 1 is 1.05 bits per heavy atom. The zero-order chi connectivity index (χ0) is 42.1. The van der Waals surface area contributed by atoms with E-state index in [0.717, 1.165) is 31.2 Å². The number of likely N-dealkylation sites (tertiary alicyclic amines) is 1. The predicted octanol–water partition coefficient (Wildman–Crippen LogP) is 6.21. The van der Waals surface area contributed by atoms with Crippen LogP contribution in [-0.4, -0.2) is 99.5 Å². The number of nitrogens with one attached hydrogen (secondary N) is 3. The van der Waals surface area contributed by atoms with E-state index in [9.17, 15) is 29.1 Å². The number of aromatic nitrogens is 2. The van der Waals surface area contributed by atoms with Gasteiger partial charge in [0.05, 0.1) is 31.0 Å². The molecule has 4 N–H and O–H groups in total. The fourth-order valence-electron chi connectivity index (χ4n) is 7.61. The summed E-state index contributed by atoms with van der Waals surface area (Å²) in [7, 11) is 1.56. The standard InChI is InChI=1S/C41H52N6O10S/c1-9-23-18-41(23,36(50)51)46-34(48)29-16-25(19-47(29)35(49)33(40(5,6)7)44-38(52)57-24-12-10-11-13-24)56-31-17-27(42-32-22(4)30(54-8)15-14-26(31)32)28-20-58-37(43-28)45-39(53)55-21(2)3/h9,14-15,17,20-21,23-25,29,33H,1,10-13,16,18-19H2,2-8H3,(H,44,52)(H,46,48)(H,50,51)(H,43,45,53)/t23-,25-,29+,33-,41-/m1/s1. The third kappa shape index (κ3) is 8.98. The van der Waals surface area contributed by atoms with Gasteiger partial charge >= 0.3 is 18.2 Å². The average molecular weight is 821 g/mol. The first-order valence-electron chi connectivity index (χ1n) is 19.5. The molecule has 6 rings (SSSR count). The quantitative estimate of drug-likeness (QED) is 0.142. The number of alkyl carbamates (subject to hydrolysis) is 1. The highest BCUT2D eigenvalue weighted by Gasteiger charge is 2.61. The van der Waals surface area contributed by atoms with Gasteiger partial charge in [0.1, 0.15) is 47.0 Å². The number of anilines is 1. The number of carbonyl (C=O) groups excluding carboxylic acids is 4. The summed E-state index contributed by atoms with van der Waals surface area (Å²) in [4.78, 5) is 77.5. The summed E-state index contributed by atoms with van der Waals surface area (Å²) in [6.07, 6.45) is 2.38. The molecule has 2 aromatic heterocycles. The lowest BCUT2D eigenvalue weighted by Gasteiger charge is -2.35. The lowest BCUT2D eigenvalue weighted by molar-refractivity contribution is -0.146. The lowest BCUT2D eigenvalue weighted by Crippen LogP contribution is -2.59. The molecule has 312 valence electrons. The van der Waals surface area contributed by atoms with Gasteiger partial charge in [0.15, 0.2) is 5.13 Å². The molecular formula is C41H52N6O10S. The van der Waals surface area contributed by atoms with Crippen molar-refractivity contribution in [1.29, 1.82) is 0 Å². The third-order valence-corrected chi connectivity index (χ3v) is 11.6. The van der Waals surface area contributed by atoms with Gasteiger partial charge in [-0.2, -0.15) is 0 Å². The largest absolute Gasteiger partial charge is 0.496 e. The Kier molecular flexibility index (Phi) is 12.2. The predicted molar refractivity (Wildman–Crippen MR) is 216 cm³/mol. The fourth-order valence-corrected chi connectivity index (χ4v) is 8.30. The molecule has 1 saturated heterocycles. The van der Waals surface area contributed by atoms with Crippen LogP contribution >= 0.6 is 11.3 Å². The van der Waals surface area contributed by atoms with Crippen LogP contribution in [0.25, 0.3) is 22.3 Å². The van der Waals surface area contributed by atoms with Crippen molar-refractivity contribution >= 4 is 57.3 Å². The van der Waals surface area contributed by atoms with Crippen LogP contribution in [0.1, 0.15) is 78.7 Å². The number of fused-ring (bicyclic) bond motifs is 1. The molecule has 4 amide bonds. The van der Waals surface area contributed by atoms with E-state index in [2.05, 4.69) is 27.5 Å². The van der Waals surface area contributed by atoms with Gasteiger partial charge < -0.3 is 39.6 Å². The second-order valence-electron chi connectivity index (χ2n) is 16.5. The van der Waals surface area contributed by atoms with Crippen LogP contribution < -0.4 is 25.4 Å². The summed E-state index contributed by atoms with van der Waals surface area (Å²) in [5, 5.41) is 20.9. The fraction of sp³-hybridized carbons (Fsp3) is 0.537. The SMILES string of the molecule is C=C[C@@H]1C[C@]1(NC(=O)[C@@H]1C[C@@H](Oc2cc(-c3csc(NC(=O)OC(C)C)n3)nc3c(C)c(OC)ccc23)CN1C(=O)[C@@H](NC(=O)OC1CCCC1)C(C)(C)C)C(=O)O. The van der Waals surface area contributed by atoms with Crippen molar-refractivity contribution in [3.63, 3.8) is 0 Å². The number of aliphatic carboxylic acids is 1. The van der Waals surface area contributed by atoms with Gasteiger partial charge in [0, 0.05) is 34.7 Å². The van der Waals surface area contributed by atoms with E-state index in [1.165, 1.54) is 22.3 Å². The number of ether oxygens (including phenoxy) is 4. The van der Waals surface area contributed by atoms with Crippen LogP contribution in [-0.2, 0) is 23.9 Å². The minimum Gasteiger partial charge on any atom is -0.496 e. The van der Waals surface area contributed by atoms with E-state index < -0.39 is 65.0 Å². The minimum absolute atomic E-state index is 0.00638. The molecule has 2 saturated carbocycles. The van der Waals surface area contributed by atoms with Crippen molar-refractivity contribution in [2.75, 3.05) is 19.0 Å². The Hall–Kier alpha value is -5.45. The maximum absolute atomic E-state index is 14.6. The highest BCUT2D eigenvalue weighted by atomic mass is 32.1. The van der Waals surface area contributed by atoms with Gasteiger partial charge in [-0.3, -0.25) is 14.9 Å². The Bertz CT molecular complexity index is 2090. The van der Waals surface area contributed by atoms with Gasteiger partial charge in [-0.1, -0.05) is 26.8 Å². The molecule has 3 fully saturated rings. The Morgan fingerprint density at radius 3 is 2.40 bits per heavy atom. The third-order valence-electron chi connectivity index (χ3n) is 10.8. The molecule has 58 heavy (non-hydrogen) atoms. The summed E-state index contributed by atoms with van der Waals surface area (Å²) in [5.41, 5.74) is -0.199. The molecule has 3 aliphatic rings. The maximum Gasteiger partial charge on any atom is 0.413 e. The number of hydrogen-bond donors (Lipinski definition) is 4. The first-order chi connectivity index (χ1) is 27.4. The zero-order valence-corrected chi connectivity index (χ0v) is 34.7. The summed E-state index contributed by atoms with van der Waals surface area (Å²) in [6, 6.07) is 3.05. The van der Waals surface area contributed by atoms with E-state index in [1.54, 1.807) is 65.3 Å². The van der Waals surface area contributed by atoms with Crippen LogP contribution in [0.5, 0.6) is 11.5 Å². The topological polar surface area (TPSA) is 208 Å². The number of carbonyl (C=O) groups is 5. The number of aryl methyl sites for hydroxylation is 1. The number of rotatable bonds is 13. The molecular weight excluding hydrogens is 769 g/mol. The average Bonchev–Trinajstić information content (AvgIpc) is 3.56. The molecule has 0 radical (unpaired) electrons. The van der Waals surface area contributed by atoms with Gasteiger partial charge in [0.2, 0.25) is 11.8 Å². The number of pyridine rings is 1. The maximum atomic E-state index is 14.6. The lowest BCUT2D eigenvalue weighted by atomic mass is 9.85. The number of carboxylic acids is 1. The molecule has 1 aromatic carbocycles. The molecule has 0 bridgehead atoms. The molecule has 1 aliphatic heterocycles. The van der Waals surface area contributed by atoms with Gasteiger partial charge in [-0.05, 0) is 70.4 Å². The van der Waals surface area contributed by atoms with E-state index >= 15 is 0 Å². The van der Waals surface area contributed by atoms with E-state index in [4.69, 9.17) is 23.9 Å². The van der Waals surface area contributed by atoms with Crippen molar-refractivity contribution in [2.24, 2.45) is 11.3 Å². The zero-order valence-electron chi connectivity index (χ0n) is 33.9. The molecule has 3 heterocycles. The summed E-state index contributed by atoms with van der Waals surface area (Å²) in [5.74, 6) is -1.91. The highest BCUT2D eigenvalue weighted by molar-refractivity contribution is 7.14. The molecule has 0 unspecified atom stereocenters. The van der Waals surface area contributed by atoms with Crippen molar-refractivity contribution in [2.45, 2.75) is 116 Å². The number of hydrogen-bond acceptors (Lipinski definition) is 12. The van der Waals surface area contributed by atoms with Crippen molar-refractivity contribution in [3.05, 3.63) is 41.8 Å². The molecule has 16 nitrogen and oxygen atoms in total. The number of methoxy groups -OCH3 is 1. The molecule has 2 aliphatic carbocycles. The summed E-state index contributed by atoms with van der Waals surface area (Å²) < 4.78 is 23.2. The van der Waals surface area contributed by atoms with E-state index in [1.807, 2.05) is 6.92 Å². The van der Waals surface area contributed by atoms with Gasteiger partial charge in [0.25, 0.3) is 0 Å². The minimum atomic E-state index is -1.54. The van der Waals surface area contributed by atoms with Crippen LogP contribution in [0.15, 0.2) is 36.2 Å². The monoisotopic (exact) mass is 820 g/mol. The first kappa shape index (κ1) is 42.2. The molecule has 5 atom stereocenters. The van der Waals surface area contributed by atoms with Crippen molar-refractivity contribution in [3.8, 4) is 22.9 Å². The van der Waals surface area contributed by atoms with Crippen LogP contribution in [0.3, 0.4) is 0 Å².